The quantitative estimate of drug-likeness (QED) is 0.485. The van der Waals surface area contributed by atoms with Crippen LogP contribution in [0.4, 0.5) is 26.3 Å². The Morgan fingerprint density at radius 1 is 0.692 bits per heavy atom. The number of rotatable bonds is 5. The highest BCUT2D eigenvalue weighted by molar-refractivity contribution is 7.71. The van der Waals surface area contributed by atoms with Crippen LogP contribution >= 0.6 is 8.07 Å². The minimum Gasteiger partial charge on any atom is -0.275 e. The van der Waals surface area contributed by atoms with Crippen LogP contribution in [0.25, 0.3) is 0 Å². The molecule has 0 radical (unpaired) electrons. The second-order valence-electron chi connectivity index (χ2n) is 5.48. The highest BCUT2D eigenvalue weighted by atomic mass is 31.1. The third-order valence-corrected chi connectivity index (χ3v) is 6.71. The molecule has 0 aliphatic heterocycles. The van der Waals surface area contributed by atoms with Crippen LogP contribution in [0.15, 0.2) is 48.5 Å². The van der Waals surface area contributed by atoms with Gasteiger partial charge in [0.1, 0.15) is 0 Å². The fraction of sp³-hybridized carbons (Fsp3) is 0.333. The fourth-order valence-electron chi connectivity index (χ4n) is 2.74. The van der Waals surface area contributed by atoms with E-state index in [2.05, 4.69) is 0 Å². The normalized spacial score (nSPS) is 12.8. The van der Waals surface area contributed by atoms with E-state index in [4.69, 9.17) is 0 Å². The van der Waals surface area contributed by atoms with Crippen molar-refractivity contribution >= 4 is 18.7 Å². The van der Waals surface area contributed by atoms with Crippen molar-refractivity contribution < 1.29 is 26.3 Å². The first-order valence-corrected chi connectivity index (χ1v) is 9.28. The van der Waals surface area contributed by atoms with Gasteiger partial charge in [0.05, 0.1) is 11.1 Å². The first-order valence-electron chi connectivity index (χ1n) is 7.98. The molecule has 2 aromatic rings. The SMILES string of the molecule is CCN(CC)P(c1ccccc1C(F)(F)F)c1ccccc1C(F)(F)F. The Bertz CT molecular complexity index is 679. The van der Waals surface area contributed by atoms with E-state index in [0.717, 1.165) is 12.1 Å². The Morgan fingerprint density at radius 3 is 1.35 bits per heavy atom. The van der Waals surface area contributed by atoms with E-state index < -0.39 is 31.6 Å². The van der Waals surface area contributed by atoms with Crippen molar-refractivity contribution in [1.29, 1.82) is 0 Å². The second kappa shape index (κ2) is 7.97. The average molecular weight is 393 g/mol. The van der Waals surface area contributed by atoms with E-state index in [0.29, 0.717) is 13.1 Å². The summed E-state index contributed by atoms with van der Waals surface area (Å²) in [6.45, 7) is 4.12. The predicted molar refractivity (Wildman–Crippen MR) is 92.0 cm³/mol. The molecule has 0 aliphatic rings. The van der Waals surface area contributed by atoms with Gasteiger partial charge < -0.3 is 0 Å². The predicted octanol–water partition coefficient (Wildman–Crippen LogP) is 5.41. The molecule has 142 valence electrons. The lowest BCUT2D eigenvalue weighted by Gasteiger charge is -2.33. The highest BCUT2D eigenvalue weighted by Gasteiger charge is 2.40. The van der Waals surface area contributed by atoms with Crippen molar-refractivity contribution in [2.45, 2.75) is 26.2 Å². The van der Waals surface area contributed by atoms with Crippen molar-refractivity contribution in [3.05, 3.63) is 59.7 Å². The lowest BCUT2D eigenvalue weighted by molar-refractivity contribution is -0.137. The summed E-state index contributed by atoms with van der Waals surface area (Å²) < 4.78 is 82.7. The van der Waals surface area contributed by atoms with Crippen LogP contribution < -0.4 is 10.6 Å². The van der Waals surface area contributed by atoms with Gasteiger partial charge >= 0.3 is 12.4 Å². The highest BCUT2D eigenvalue weighted by Crippen LogP contribution is 2.45. The van der Waals surface area contributed by atoms with Gasteiger partial charge in [-0.2, -0.15) is 26.3 Å². The first kappa shape index (κ1) is 20.7. The number of hydrogen-bond donors (Lipinski definition) is 0. The average Bonchev–Trinajstić information content (AvgIpc) is 2.58. The zero-order chi connectivity index (χ0) is 19.5. The molecule has 0 fully saturated rings. The third-order valence-electron chi connectivity index (χ3n) is 3.89. The summed E-state index contributed by atoms with van der Waals surface area (Å²) in [6, 6.07) is 9.75. The van der Waals surface area contributed by atoms with Crippen molar-refractivity contribution in [3.63, 3.8) is 0 Å². The molecule has 0 amide bonds. The van der Waals surface area contributed by atoms with Gasteiger partial charge in [0.25, 0.3) is 0 Å². The largest absolute Gasteiger partial charge is 0.417 e. The molecule has 0 N–H and O–H groups in total. The Balaban J connectivity index is 2.77. The van der Waals surface area contributed by atoms with Gasteiger partial charge in [0, 0.05) is 18.7 Å². The molecule has 2 rings (SSSR count). The first-order chi connectivity index (χ1) is 12.1. The minimum absolute atomic E-state index is 0.115. The Labute approximate surface area is 149 Å². The molecular formula is C18H18F6NP. The summed E-state index contributed by atoms with van der Waals surface area (Å²) in [5.41, 5.74) is -1.79. The van der Waals surface area contributed by atoms with Crippen LogP contribution in [0.2, 0.25) is 0 Å². The van der Waals surface area contributed by atoms with E-state index in [1.807, 2.05) is 0 Å². The lowest BCUT2D eigenvalue weighted by Crippen LogP contribution is -2.34. The van der Waals surface area contributed by atoms with Gasteiger partial charge in [-0.05, 0) is 25.2 Å². The maximum Gasteiger partial charge on any atom is 0.417 e. The van der Waals surface area contributed by atoms with Crippen LogP contribution in [0.1, 0.15) is 25.0 Å². The van der Waals surface area contributed by atoms with Crippen molar-refractivity contribution in [3.8, 4) is 0 Å². The molecule has 0 saturated carbocycles. The van der Waals surface area contributed by atoms with Crippen LogP contribution in [0.5, 0.6) is 0 Å². The number of benzene rings is 2. The van der Waals surface area contributed by atoms with E-state index in [1.165, 1.54) is 36.4 Å². The second-order valence-corrected chi connectivity index (χ2v) is 7.63. The third kappa shape index (κ3) is 4.38. The number of alkyl halides is 6. The van der Waals surface area contributed by atoms with Gasteiger partial charge in [0.15, 0.2) is 0 Å². The van der Waals surface area contributed by atoms with Gasteiger partial charge in [-0.1, -0.05) is 50.2 Å². The number of hydrogen-bond acceptors (Lipinski definition) is 1. The van der Waals surface area contributed by atoms with Crippen LogP contribution in [-0.2, 0) is 12.4 Å². The van der Waals surface area contributed by atoms with Crippen molar-refractivity contribution in [2.24, 2.45) is 0 Å². The molecule has 0 bridgehead atoms. The summed E-state index contributed by atoms with van der Waals surface area (Å²) >= 11 is 0. The molecule has 0 atom stereocenters. The molecule has 8 heteroatoms. The maximum atomic E-state index is 13.5. The summed E-state index contributed by atoms with van der Waals surface area (Å²) in [5.74, 6) is 0. The summed E-state index contributed by atoms with van der Waals surface area (Å²) in [5, 5.41) is -0.231. The van der Waals surface area contributed by atoms with Crippen molar-refractivity contribution in [2.75, 3.05) is 13.1 Å². The molecule has 0 spiro atoms. The van der Waals surface area contributed by atoms with Gasteiger partial charge in [-0.25, -0.2) is 0 Å². The molecule has 0 unspecified atom stereocenters. The molecule has 0 aromatic heterocycles. The maximum absolute atomic E-state index is 13.5. The topological polar surface area (TPSA) is 3.24 Å². The van der Waals surface area contributed by atoms with Crippen LogP contribution in [-0.4, -0.2) is 17.8 Å². The van der Waals surface area contributed by atoms with E-state index in [9.17, 15) is 26.3 Å². The Hall–Kier alpha value is -1.59. The van der Waals surface area contributed by atoms with Crippen LogP contribution in [0.3, 0.4) is 0 Å². The fourth-order valence-corrected chi connectivity index (χ4v) is 5.49. The molecule has 0 heterocycles. The van der Waals surface area contributed by atoms with Crippen LogP contribution in [0, 0.1) is 0 Å². The molecule has 26 heavy (non-hydrogen) atoms. The molecule has 0 aliphatic carbocycles. The molecule has 0 saturated heterocycles. The smallest absolute Gasteiger partial charge is 0.275 e. The lowest BCUT2D eigenvalue weighted by atomic mass is 10.2. The zero-order valence-corrected chi connectivity index (χ0v) is 15.1. The summed E-state index contributed by atoms with van der Waals surface area (Å²) in [7, 11) is -1.99. The van der Waals surface area contributed by atoms with E-state index >= 15 is 0 Å². The number of nitrogens with zero attached hydrogens (tertiary/aromatic N) is 1. The minimum atomic E-state index is -4.64. The van der Waals surface area contributed by atoms with E-state index in [1.54, 1.807) is 18.5 Å². The molecule has 1 nitrogen and oxygen atoms in total. The van der Waals surface area contributed by atoms with E-state index in [-0.39, 0.29) is 10.6 Å². The van der Waals surface area contributed by atoms with Gasteiger partial charge in [-0.15, -0.1) is 0 Å². The van der Waals surface area contributed by atoms with Crippen molar-refractivity contribution in [1.82, 2.24) is 4.67 Å². The standard InChI is InChI=1S/C18H18F6NP/c1-3-25(4-2)26(15-11-7-5-9-13(15)17(19,20)21)16-12-8-6-10-14(16)18(22,23)24/h5-12H,3-4H2,1-2H3. The molecular weight excluding hydrogens is 375 g/mol. The monoisotopic (exact) mass is 393 g/mol. The summed E-state index contributed by atoms with van der Waals surface area (Å²) in [6.07, 6.45) is -9.28. The number of halogens is 6. The van der Waals surface area contributed by atoms with Gasteiger partial charge in [-0.3, -0.25) is 4.67 Å². The Morgan fingerprint density at radius 2 is 1.04 bits per heavy atom. The molecule has 2 aromatic carbocycles. The van der Waals surface area contributed by atoms with Gasteiger partial charge in [0.2, 0.25) is 0 Å². The zero-order valence-electron chi connectivity index (χ0n) is 14.2. The summed E-state index contributed by atoms with van der Waals surface area (Å²) in [4.78, 5) is 0. The Kier molecular flexibility index (Phi) is 6.35.